The van der Waals surface area contributed by atoms with Gasteiger partial charge in [0.1, 0.15) is 0 Å². The quantitative estimate of drug-likeness (QED) is 0.145. The average molecular weight is 1840 g/mol. The molecule has 126 heavy (non-hydrogen) atoms. The van der Waals surface area contributed by atoms with Crippen LogP contribution in [-0.2, 0) is 71.2 Å². The zero-order valence-corrected chi connectivity index (χ0v) is 94.9. The summed E-state index contributed by atoms with van der Waals surface area (Å²) in [6, 6.07) is 26.3. The summed E-state index contributed by atoms with van der Waals surface area (Å²) >= 11 is 0. The van der Waals surface area contributed by atoms with Gasteiger partial charge in [0.15, 0.2) is 0 Å². The number of piperidine rings is 1. The van der Waals surface area contributed by atoms with Crippen molar-refractivity contribution in [2.75, 3.05) is 53.4 Å². The van der Waals surface area contributed by atoms with Gasteiger partial charge in [0.25, 0.3) is 0 Å². The topological polar surface area (TPSA) is 31.2 Å². The van der Waals surface area contributed by atoms with Crippen LogP contribution in [0.3, 0.4) is 0 Å². The summed E-state index contributed by atoms with van der Waals surface area (Å²) in [4.78, 5) is 12.8. The molecule has 3 aromatic carbocycles. The summed E-state index contributed by atoms with van der Waals surface area (Å²) in [5.74, 6) is 0. The van der Waals surface area contributed by atoms with Crippen molar-refractivity contribution in [2.45, 2.75) is 586 Å². The molecule has 4 nitrogen and oxygen atoms in total. The van der Waals surface area contributed by atoms with E-state index in [1.165, 1.54) is 411 Å². The van der Waals surface area contributed by atoms with E-state index < -0.39 is 0 Å². The number of fused-ring (bicyclic) bond motifs is 3. The van der Waals surface area contributed by atoms with Crippen molar-refractivity contribution < 1.29 is 32.7 Å². The first-order valence-corrected chi connectivity index (χ1v) is 56.4. The number of hydrogen-bond donors (Lipinski definition) is 0. The van der Waals surface area contributed by atoms with Crippen LogP contribution in [0.5, 0.6) is 0 Å². The maximum Gasteiger partial charge on any atom is 0.0388 e. The molecular weight excluding hydrogens is 1600 g/mol. The summed E-state index contributed by atoms with van der Waals surface area (Å²) in [7, 11) is 4.41. The molecule has 0 N–H and O–H groups in total. The van der Waals surface area contributed by atoms with E-state index >= 15 is 0 Å². The number of allylic oxidation sites excluding steroid dienone is 2. The van der Waals surface area contributed by atoms with E-state index in [0.29, 0.717) is 0 Å². The molecule has 17 rings (SSSR count). The first kappa shape index (κ1) is 152. The fourth-order valence-electron chi connectivity index (χ4n) is 14.4. The summed E-state index contributed by atoms with van der Waals surface area (Å²) in [5, 5.41) is 0. The smallest absolute Gasteiger partial charge is 0.0388 e. The number of nitrogens with zero attached hydrogens (tertiary/aromatic N) is 4. The third-order valence-corrected chi connectivity index (χ3v) is 21.3. The number of likely N-dealkylation sites (tertiary alicyclic amines) is 2. The van der Waals surface area contributed by atoms with Crippen LogP contribution in [0, 0.1) is 13.8 Å². The Morgan fingerprint density at radius 1 is 0.214 bits per heavy atom. The van der Waals surface area contributed by atoms with Crippen LogP contribution in [0.2, 0.25) is 0 Å². The molecule has 5 heteroatoms. The zero-order chi connectivity index (χ0) is 95.4. The second kappa shape index (κ2) is 157. The molecule has 0 spiro atoms. The third-order valence-electron chi connectivity index (χ3n) is 21.3. The summed E-state index contributed by atoms with van der Waals surface area (Å²) in [5.41, 5.74) is 9.44. The van der Waals surface area contributed by atoms with Crippen molar-refractivity contribution in [3.63, 3.8) is 0 Å². The molecule has 6 saturated carbocycles. The second-order valence-electron chi connectivity index (χ2n) is 30.6. The Bertz CT molecular complexity index is 1930. The SMILES string of the molecule is C.C1=CCCCC1.C1=NCCC1.C1=NCCCC1.C1CCC1.C1CCCC1.C1CCCC1.C1CCCC1.C1CCCCC1.C1CCCCCC1.CC.CC.CC.CC.CC.CC.CC.CC.CC.CC.CC.CC.CC.CN1CCCCC1.CN1CCCCCC1.[CH2-]CCC[CH2-].[Y].c1ccc2c(c1)CCC2.c1ccc2c(c1)CCCC2.c1ccc2c(c1)CCCC2. The summed E-state index contributed by atoms with van der Waals surface area (Å²) in [6.45, 7) is 66.7. The fourth-order valence-corrected chi connectivity index (χ4v) is 14.4. The molecule has 8 fully saturated rings. The predicted octanol–water partition coefficient (Wildman–Crippen LogP) is 42.4. The van der Waals surface area contributed by atoms with E-state index in [0.717, 1.165) is 25.9 Å². The van der Waals surface area contributed by atoms with E-state index in [4.69, 9.17) is 0 Å². The van der Waals surface area contributed by atoms with Gasteiger partial charge in [-0.05, 0) is 240 Å². The standard InChI is InChI=1S/2C10H12.C9H10.C7H15N.C7H14.C6H13N.C6H12.C6H10.C5H9N.4C5H10.C4H7N.C4H8.13C2H6.CH4.Y/c2*1-2-6-10-8-4-3-7-9(10)5-1;1-2-5-9-7-3-6-8(9)4-1;1-8-6-4-2-3-5-7-8;1-2-4-6-7-5-3-1;1-7-5-3-2-4-6-7;3*1-2-4-6-5-3-1;3*1-2-4-5-3-1;1-3-5-4-2;1-2-4-5-3-1;1-2-4-3-1;13*1-2;;/h2*1-2,5-6H,3-4,7-8H2;1-2,4-5H,3,6-7H2;2-7H2,1H3;1-7H2;2-6H2,1H3;1-6H2;1-2H,3-6H2;4H,1-3,5H2;4*1-5H2;3H,1-2,4H2;1-4H2;13*1-2H3;1H4;/q;;;;;;;;;;;;-2;;;;;;;;;;;;;;;;;. The van der Waals surface area contributed by atoms with Crippen LogP contribution in [0.4, 0.5) is 0 Å². The van der Waals surface area contributed by atoms with Crippen LogP contribution >= 0.6 is 0 Å². The van der Waals surface area contributed by atoms with Gasteiger partial charge in [-0.3, -0.25) is 9.98 Å². The number of rotatable bonds is 2. The molecule has 0 aromatic heterocycles. The van der Waals surface area contributed by atoms with E-state index in [9.17, 15) is 0 Å². The molecule has 0 bridgehead atoms. The van der Waals surface area contributed by atoms with Gasteiger partial charge in [-0.25, -0.2) is 0 Å². The number of unbranched alkanes of at least 4 members (excludes halogenated alkanes) is 2. The minimum Gasteiger partial charge on any atom is -0.343 e. The number of aliphatic imine (C=N–C) groups is 2. The van der Waals surface area contributed by atoms with Crippen molar-refractivity contribution in [3.05, 3.63) is 132 Å². The third kappa shape index (κ3) is 126. The van der Waals surface area contributed by atoms with E-state index in [1.807, 2.05) is 192 Å². The summed E-state index contributed by atoms with van der Waals surface area (Å²) < 4.78 is 0. The molecule has 1 radical (unpaired) electrons. The van der Waals surface area contributed by atoms with Crippen LogP contribution < -0.4 is 0 Å². The minimum absolute atomic E-state index is 0. The van der Waals surface area contributed by atoms with Gasteiger partial charge in [-0.1, -0.05) is 497 Å². The van der Waals surface area contributed by atoms with Crippen LogP contribution in [0.25, 0.3) is 0 Å². The Balaban J connectivity index is -0.0000000972. The van der Waals surface area contributed by atoms with E-state index in [2.05, 4.69) is 133 Å². The number of benzene rings is 3. The average Bonchev–Trinajstić information content (AvgIpc) is 1.36. The molecule has 753 valence electrons. The van der Waals surface area contributed by atoms with Gasteiger partial charge in [0.05, 0.1) is 0 Å². The van der Waals surface area contributed by atoms with E-state index in [-0.39, 0.29) is 40.1 Å². The Kier molecular flexibility index (Phi) is 189. The van der Waals surface area contributed by atoms with Crippen molar-refractivity contribution in [3.8, 4) is 0 Å². The van der Waals surface area contributed by atoms with Crippen molar-refractivity contribution in [1.29, 1.82) is 0 Å². The Morgan fingerprint density at radius 3 is 0.508 bits per heavy atom. The van der Waals surface area contributed by atoms with Crippen LogP contribution in [0.15, 0.2) is 94.9 Å². The second-order valence-corrected chi connectivity index (χ2v) is 30.6. The fraction of sp³-hybridized carbons (Fsp3) is 0.802. The molecule has 4 aliphatic heterocycles. The first-order chi connectivity index (χ1) is 61.6. The van der Waals surface area contributed by atoms with Gasteiger partial charge in [0.2, 0.25) is 0 Å². The first-order valence-electron chi connectivity index (χ1n) is 56.4. The van der Waals surface area contributed by atoms with Gasteiger partial charge < -0.3 is 23.6 Å². The monoisotopic (exact) mass is 1840 g/mol. The molecule has 4 heterocycles. The van der Waals surface area contributed by atoms with Gasteiger partial charge in [-0.2, -0.15) is 12.8 Å². The van der Waals surface area contributed by atoms with Gasteiger partial charge in [-0.15, -0.1) is 6.42 Å². The molecular formula is C121H244N4Y-2. The molecule has 14 aliphatic rings. The molecule has 2 saturated heterocycles. The normalized spacial score (nSPS) is 16.6. The maximum absolute atomic E-state index is 4.05. The molecule has 0 atom stereocenters. The minimum atomic E-state index is 0. The van der Waals surface area contributed by atoms with E-state index in [1.54, 1.807) is 33.4 Å². The number of aryl methyl sites for hydroxylation is 6. The Hall–Kier alpha value is -2.24. The zero-order valence-electron chi connectivity index (χ0n) is 92.1. The molecule has 0 amide bonds. The Morgan fingerprint density at radius 2 is 0.381 bits per heavy atom. The predicted molar refractivity (Wildman–Crippen MR) is 596 cm³/mol. The molecule has 0 unspecified atom stereocenters. The van der Waals surface area contributed by atoms with Crippen molar-refractivity contribution in [2.24, 2.45) is 9.98 Å². The molecule has 3 aromatic rings. The van der Waals surface area contributed by atoms with Crippen molar-refractivity contribution in [1.82, 2.24) is 9.80 Å². The van der Waals surface area contributed by atoms with Crippen LogP contribution in [-0.4, -0.2) is 75.6 Å². The van der Waals surface area contributed by atoms with Crippen LogP contribution in [0.1, 0.15) is 580 Å². The van der Waals surface area contributed by atoms with Gasteiger partial charge in [0, 0.05) is 45.8 Å². The Labute approximate surface area is 829 Å². The van der Waals surface area contributed by atoms with Crippen molar-refractivity contribution >= 4 is 12.4 Å². The maximum atomic E-state index is 4.05. The summed E-state index contributed by atoms with van der Waals surface area (Å²) in [6.07, 6.45) is 96.3. The molecule has 10 aliphatic carbocycles. The largest absolute Gasteiger partial charge is 0.343 e. The van der Waals surface area contributed by atoms with Gasteiger partial charge >= 0.3 is 0 Å². The number of hydrogen-bond acceptors (Lipinski definition) is 4.